The van der Waals surface area contributed by atoms with Crippen LogP contribution in [0.5, 0.6) is 0 Å². The second kappa shape index (κ2) is 4.66. The van der Waals surface area contributed by atoms with E-state index < -0.39 is 15.6 Å². The first-order valence-corrected chi connectivity index (χ1v) is 6.72. The highest BCUT2D eigenvalue weighted by Crippen LogP contribution is 2.12. The summed E-state index contributed by atoms with van der Waals surface area (Å²) in [6.07, 6.45) is 1.56. The molecule has 0 unspecified atom stereocenters. The highest BCUT2D eigenvalue weighted by Gasteiger charge is 2.15. The number of aryl methyl sites for hydroxylation is 1. The van der Waals surface area contributed by atoms with E-state index in [1.807, 2.05) is 0 Å². The Labute approximate surface area is 105 Å². The number of nitrogens with one attached hydrogen (secondary N) is 1. The number of hydrogen-bond acceptors (Lipinski definition) is 3. The van der Waals surface area contributed by atoms with Gasteiger partial charge in [-0.3, -0.25) is 9.52 Å². The molecule has 1 heterocycles. The van der Waals surface area contributed by atoms with Gasteiger partial charge in [0.15, 0.2) is 0 Å². The van der Waals surface area contributed by atoms with Crippen LogP contribution in [0.2, 0.25) is 0 Å². The van der Waals surface area contributed by atoms with Gasteiger partial charge in [-0.1, -0.05) is 18.2 Å². The Bertz CT molecular complexity index is 706. The van der Waals surface area contributed by atoms with Gasteiger partial charge in [0.1, 0.15) is 5.69 Å². The van der Waals surface area contributed by atoms with Crippen LogP contribution >= 0.6 is 0 Å². The number of benzene rings is 1. The number of rotatable bonds is 3. The molecule has 6 heteroatoms. The Kier molecular flexibility index (Phi) is 3.20. The van der Waals surface area contributed by atoms with Gasteiger partial charge >= 0.3 is 0 Å². The molecule has 0 bridgehead atoms. The zero-order valence-corrected chi connectivity index (χ0v) is 10.5. The van der Waals surface area contributed by atoms with Crippen molar-refractivity contribution in [3.05, 3.63) is 59.0 Å². The molecule has 0 saturated carbocycles. The van der Waals surface area contributed by atoms with Gasteiger partial charge < -0.3 is 4.57 Å². The third-order valence-electron chi connectivity index (χ3n) is 2.42. The molecule has 0 aliphatic heterocycles. The second-order valence-corrected chi connectivity index (χ2v) is 5.44. The minimum Gasteiger partial charge on any atom is -0.317 e. The van der Waals surface area contributed by atoms with Gasteiger partial charge in [-0.25, -0.2) is 8.42 Å². The van der Waals surface area contributed by atoms with Crippen LogP contribution in [0.25, 0.3) is 0 Å². The summed E-state index contributed by atoms with van der Waals surface area (Å²) < 4.78 is 27.6. The van der Waals surface area contributed by atoms with Gasteiger partial charge in [0.05, 0.1) is 4.90 Å². The summed E-state index contributed by atoms with van der Waals surface area (Å²) in [4.78, 5) is 11.8. The molecule has 0 fully saturated rings. The van der Waals surface area contributed by atoms with E-state index in [-0.39, 0.29) is 10.6 Å². The van der Waals surface area contributed by atoms with Gasteiger partial charge in [0.2, 0.25) is 0 Å². The van der Waals surface area contributed by atoms with Crippen LogP contribution in [-0.2, 0) is 17.1 Å². The van der Waals surface area contributed by atoms with Crippen molar-refractivity contribution in [3.63, 3.8) is 0 Å². The lowest BCUT2D eigenvalue weighted by atomic mass is 10.4. The first kappa shape index (κ1) is 12.4. The monoisotopic (exact) mass is 264 g/mol. The third kappa shape index (κ3) is 2.43. The van der Waals surface area contributed by atoms with E-state index in [0.29, 0.717) is 0 Å². The van der Waals surface area contributed by atoms with Crippen LogP contribution < -0.4 is 10.3 Å². The Morgan fingerprint density at radius 3 is 2.39 bits per heavy atom. The molecule has 0 saturated heterocycles. The highest BCUT2D eigenvalue weighted by molar-refractivity contribution is 7.92. The van der Waals surface area contributed by atoms with Crippen molar-refractivity contribution in [2.75, 3.05) is 4.72 Å². The molecule has 2 rings (SSSR count). The smallest absolute Gasteiger partial charge is 0.274 e. The van der Waals surface area contributed by atoms with Crippen LogP contribution in [-0.4, -0.2) is 13.0 Å². The largest absolute Gasteiger partial charge is 0.317 e. The molecule has 5 nitrogen and oxygen atoms in total. The van der Waals surface area contributed by atoms with E-state index in [1.165, 1.54) is 22.8 Å². The highest BCUT2D eigenvalue weighted by atomic mass is 32.2. The molecule has 2 aromatic rings. The molecule has 94 valence electrons. The molecule has 0 atom stereocenters. The number of pyridine rings is 1. The normalized spacial score (nSPS) is 11.2. The summed E-state index contributed by atoms with van der Waals surface area (Å²) in [5, 5.41) is 0. The van der Waals surface area contributed by atoms with Crippen molar-refractivity contribution < 1.29 is 8.42 Å². The summed E-state index contributed by atoms with van der Waals surface area (Å²) in [5.41, 5.74) is -0.360. The fraction of sp³-hybridized carbons (Fsp3) is 0.0833. The van der Waals surface area contributed by atoms with Crippen molar-refractivity contribution in [2.45, 2.75) is 4.90 Å². The number of nitrogens with zero attached hydrogens (tertiary/aromatic N) is 1. The van der Waals surface area contributed by atoms with Gasteiger partial charge in [-0.15, -0.1) is 0 Å². The van der Waals surface area contributed by atoms with E-state index in [0.717, 1.165) is 0 Å². The van der Waals surface area contributed by atoms with Crippen LogP contribution in [0.15, 0.2) is 58.4 Å². The maximum Gasteiger partial charge on any atom is 0.274 e. The minimum atomic E-state index is -3.72. The summed E-state index contributed by atoms with van der Waals surface area (Å²) in [6.45, 7) is 0. The summed E-state index contributed by atoms with van der Waals surface area (Å²) in [5.74, 6) is 0. The molecular formula is C12H12N2O3S. The molecule has 18 heavy (non-hydrogen) atoms. The topological polar surface area (TPSA) is 68.2 Å². The molecule has 1 aromatic carbocycles. The lowest BCUT2D eigenvalue weighted by molar-refractivity contribution is 0.601. The summed E-state index contributed by atoms with van der Waals surface area (Å²) >= 11 is 0. The molecule has 1 N–H and O–H groups in total. The average Bonchev–Trinajstić information content (AvgIpc) is 2.36. The zero-order valence-electron chi connectivity index (χ0n) is 9.70. The zero-order chi connectivity index (χ0) is 13.2. The van der Waals surface area contributed by atoms with E-state index in [4.69, 9.17) is 0 Å². The maximum atomic E-state index is 12.0. The minimum absolute atomic E-state index is 0.0313. The average molecular weight is 264 g/mol. The fourth-order valence-corrected chi connectivity index (χ4v) is 2.56. The van der Waals surface area contributed by atoms with Gasteiger partial charge in [-0.2, -0.15) is 0 Å². The number of aromatic nitrogens is 1. The predicted octanol–water partition coefficient (Wildman–Crippen LogP) is 1.19. The van der Waals surface area contributed by atoms with Crippen molar-refractivity contribution in [3.8, 4) is 0 Å². The number of hydrogen-bond donors (Lipinski definition) is 1. The first-order chi connectivity index (χ1) is 8.50. The first-order valence-electron chi connectivity index (χ1n) is 5.24. The molecule has 0 radical (unpaired) electrons. The molecule has 0 aliphatic rings. The van der Waals surface area contributed by atoms with Crippen LogP contribution in [0.3, 0.4) is 0 Å². The van der Waals surface area contributed by atoms with Crippen LogP contribution in [0.4, 0.5) is 5.69 Å². The lowest BCUT2D eigenvalue weighted by Crippen LogP contribution is -2.23. The lowest BCUT2D eigenvalue weighted by Gasteiger charge is -2.08. The van der Waals surface area contributed by atoms with E-state index >= 15 is 0 Å². The van der Waals surface area contributed by atoms with Crippen LogP contribution in [0.1, 0.15) is 0 Å². The standard InChI is InChI=1S/C12H12N2O3S/c1-14-9-5-8-11(12(14)15)13-18(16,17)10-6-3-2-4-7-10/h2-9,13H,1H3. The maximum absolute atomic E-state index is 12.0. The quantitative estimate of drug-likeness (QED) is 0.905. The third-order valence-corrected chi connectivity index (χ3v) is 3.80. The van der Waals surface area contributed by atoms with Gasteiger partial charge in [0, 0.05) is 13.2 Å². The van der Waals surface area contributed by atoms with E-state index in [1.54, 1.807) is 37.5 Å². The van der Waals surface area contributed by atoms with Gasteiger partial charge in [-0.05, 0) is 24.3 Å². The molecular weight excluding hydrogens is 252 g/mol. The number of anilines is 1. The predicted molar refractivity (Wildman–Crippen MR) is 68.9 cm³/mol. The summed E-state index contributed by atoms with van der Waals surface area (Å²) in [7, 11) is -2.16. The van der Waals surface area contributed by atoms with E-state index in [9.17, 15) is 13.2 Å². The Morgan fingerprint density at radius 1 is 1.06 bits per heavy atom. The second-order valence-electron chi connectivity index (χ2n) is 3.76. The Morgan fingerprint density at radius 2 is 1.72 bits per heavy atom. The van der Waals surface area contributed by atoms with Crippen molar-refractivity contribution in [1.29, 1.82) is 0 Å². The Hall–Kier alpha value is -2.08. The number of sulfonamides is 1. The van der Waals surface area contributed by atoms with Gasteiger partial charge in [0.25, 0.3) is 15.6 Å². The van der Waals surface area contributed by atoms with Crippen molar-refractivity contribution >= 4 is 15.7 Å². The van der Waals surface area contributed by atoms with Crippen molar-refractivity contribution in [1.82, 2.24) is 4.57 Å². The van der Waals surface area contributed by atoms with Crippen LogP contribution in [0, 0.1) is 0 Å². The molecule has 0 amide bonds. The fourth-order valence-electron chi connectivity index (χ4n) is 1.48. The summed E-state index contributed by atoms with van der Waals surface area (Å²) in [6, 6.07) is 10.9. The molecule has 1 aromatic heterocycles. The molecule has 0 aliphatic carbocycles. The Balaban J connectivity index is 2.41. The SMILES string of the molecule is Cn1cccc(NS(=O)(=O)c2ccccc2)c1=O. The van der Waals surface area contributed by atoms with E-state index in [2.05, 4.69) is 4.72 Å². The van der Waals surface area contributed by atoms with Crippen molar-refractivity contribution in [2.24, 2.45) is 7.05 Å². The molecule has 0 spiro atoms.